The molecule has 4 rings (SSSR count). The van der Waals surface area contributed by atoms with E-state index in [-0.39, 0.29) is 23.0 Å². The highest BCUT2D eigenvalue weighted by molar-refractivity contribution is 7.99. The van der Waals surface area contributed by atoms with Crippen LogP contribution in [0.2, 0.25) is 0 Å². The van der Waals surface area contributed by atoms with E-state index in [4.69, 9.17) is 9.15 Å². The van der Waals surface area contributed by atoms with Crippen molar-refractivity contribution in [1.82, 2.24) is 9.55 Å². The van der Waals surface area contributed by atoms with E-state index in [0.29, 0.717) is 52.3 Å². The molecule has 9 heteroatoms. The number of fused-ring (bicyclic) bond motifs is 2. The van der Waals surface area contributed by atoms with E-state index < -0.39 is 0 Å². The quantitative estimate of drug-likeness (QED) is 0.248. The molecule has 0 saturated carbocycles. The zero-order valence-electron chi connectivity index (χ0n) is 17.3. The van der Waals surface area contributed by atoms with Gasteiger partial charge in [0.05, 0.1) is 16.7 Å². The average molecular weight is 449 g/mol. The first-order valence-electron chi connectivity index (χ1n) is 9.95. The molecule has 0 aliphatic heterocycles. The van der Waals surface area contributed by atoms with Gasteiger partial charge in [0.2, 0.25) is 11.7 Å². The molecule has 4 aromatic rings. The van der Waals surface area contributed by atoms with Crippen molar-refractivity contribution in [2.75, 3.05) is 24.8 Å². The van der Waals surface area contributed by atoms with Crippen LogP contribution in [0, 0.1) is 11.3 Å². The monoisotopic (exact) mass is 448 g/mol. The van der Waals surface area contributed by atoms with Crippen molar-refractivity contribution in [2.45, 2.75) is 18.1 Å². The summed E-state index contributed by atoms with van der Waals surface area (Å²) in [5.74, 6) is -0.270. The van der Waals surface area contributed by atoms with E-state index in [1.807, 2.05) is 12.1 Å². The molecule has 32 heavy (non-hydrogen) atoms. The van der Waals surface area contributed by atoms with Crippen molar-refractivity contribution in [2.24, 2.45) is 0 Å². The molecule has 0 spiro atoms. The summed E-state index contributed by atoms with van der Waals surface area (Å²) in [6.07, 6.45) is 0.642. The lowest BCUT2D eigenvalue weighted by Crippen LogP contribution is -2.25. The molecule has 1 N–H and O–H groups in total. The Hall–Kier alpha value is -3.61. The van der Waals surface area contributed by atoms with Crippen molar-refractivity contribution >= 4 is 45.2 Å². The Morgan fingerprint density at radius 3 is 2.75 bits per heavy atom. The number of hydrogen-bond donors (Lipinski definition) is 1. The predicted molar refractivity (Wildman–Crippen MR) is 123 cm³/mol. The van der Waals surface area contributed by atoms with Gasteiger partial charge in [-0.15, -0.1) is 0 Å². The van der Waals surface area contributed by atoms with Gasteiger partial charge in [0, 0.05) is 25.6 Å². The summed E-state index contributed by atoms with van der Waals surface area (Å²) in [4.78, 5) is 30.3. The summed E-state index contributed by atoms with van der Waals surface area (Å²) in [6, 6.07) is 16.2. The van der Waals surface area contributed by atoms with E-state index in [1.54, 1.807) is 54.1 Å². The fourth-order valence-electron chi connectivity index (χ4n) is 3.38. The molecule has 0 unspecified atom stereocenters. The van der Waals surface area contributed by atoms with Gasteiger partial charge in [0.1, 0.15) is 17.3 Å². The van der Waals surface area contributed by atoms with Crippen molar-refractivity contribution < 1.29 is 13.9 Å². The summed E-state index contributed by atoms with van der Waals surface area (Å²) in [7, 11) is 1.61. The van der Waals surface area contributed by atoms with Gasteiger partial charge in [-0.1, -0.05) is 36.0 Å². The molecule has 0 bridgehead atoms. The van der Waals surface area contributed by atoms with Gasteiger partial charge < -0.3 is 14.5 Å². The maximum atomic E-state index is 13.0. The van der Waals surface area contributed by atoms with Gasteiger partial charge in [-0.3, -0.25) is 14.2 Å². The number of ether oxygens (including phenoxy) is 1. The van der Waals surface area contributed by atoms with Gasteiger partial charge in [0.15, 0.2) is 5.16 Å². The average Bonchev–Trinajstić information content (AvgIpc) is 3.17. The molecule has 0 atom stereocenters. The normalized spacial score (nSPS) is 11.0. The van der Waals surface area contributed by atoms with Crippen LogP contribution in [0.25, 0.3) is 21.9 Å². The molecule has 162 valence electrons. The standard InChI is InChI=1S/C23H20N4O4S/c1-30-12-6-11-27-22(29)15-7-2-4-9-17(15)25-23(27)32-14-20(28)26-21-16-8-3-5-10-18(16)31-19(21)13-24/h2-5,7-10H,6,11-12,14H2,1H3,(H,26,28). The van der Waals surface area contributed by atoms with Crippen LogP contribution in [0.1, 0.15) is 12.2 Å². The summed E-state index contributed by atoms with van der Waals surface area (Å²) in [6.45, 7) is 0.938. The fraction of sp³-hybridized carbons (Fsp3) is 0.217. The second kappa shape index (κ2) is 9.68. The van der Waals surface area contributed by atoms with Crippen molar-refractivity contribution in [3.05, 3.63) is 64.6 Å². The van der Waals surface area contributed by atoms with E-state index >= 15 is 0 Å². The molecule has 0 saturated heterocycles. The van der Waals surface area contributed by atoms with Crippen LogP contribution in [-0.2, 0) is 16.1 Å². The number of thioether (sulfide) groups is 1. The Morgan fingerprint density at radius 1 is 1.22 bits per heavy atom. The number of methoxy groups -OCH3 is 1. The molecule has 2 heterocycles. The Kier molecular flexibility index (Phi) is 6.54. The highest BCUT2D eigenvalue weighted by Crippen LogP contribution is 2.30. The molecule has 0 aliphatic rings. The number of carbonyl (C=O) groups is 1. The minimum absolute atomic E-state index is 0.0133. The number of nitrogens with one attached hydrogen (secondary N) is 1. The molecule has 1 amide bonds. The maximum Gasteiger partial charge on any atom is 0.262 e. The van der Waals surface area contributed by atoms with Gasteiger partial charge >= 0.3 is 0 Å². The molecule has 0 fully saturated rings. The van der Waals surface area contributed by atoms with Crippen LogP contribution in [-0.4, -0.2) is 34.9 Å². The van der Waals surface area contributed by atoms with Crippen molar-refractivity contribution in [1.29, 1.82) is 5.26 Å². The van der Waals surface area contributed by atoms with Crippen LogP contribution >= 0.6 is 11.8 Å². The highest BCUT2D eigenvalue weighted by Gasteiger charge is 2.18. The number of nitriles is 1. The van der Waals surface area contributed by atoms with Gasteiger partial charge in [-0.2, -0.15) is 5.26 Å². The Bertz CT molecular complexity index is 1390. The largest absolute Gasteiger partial charge is 0.443 e. The van der Waals surface area contributed by atoms with Crippen LogP contribution in [0.15, 0.2) is 62.9 Å². The first kappa shape index (κ1) is 21.6. The molecule has 2 aromatic heterocycles. The summed E-state index contributed by atoms with van der Waals surface area (Å²) in [5, 5.41) is 13.8. The van der Waals surface area contributed by atoms with E-state index in [0.717, 1.165) is 0 Å². The lowest BCUT2D eigenvalue weighted by atomic mass is 10.2. The number of furan rings is 1. The minimum Gasteiger partial charge on any atom is -0.443 e. The lowest BCUT2D eigenvalue weighted by Gasteiger charge is -2.13. The first-order chi connectivity index (χ1) is 15.6. The van der Waals surface area contributed by atoms with Crippen LogP contribution in [0.5, 0.6) is 0 Å². The summed E-state index contributed by atoms with van der Waals surface area (Å²) >= 11 is 1.17. The van der Waals surface area contributed by atoms with E-state index in [2.05, 4.69) is 10.3 Å². The van der Waals surface area contributed by atoms with Crippen molar-refractivity contribution in [3.63, 3.8) is 0 Å². The van der Waals surface area contributed by atoms with E-state index in [9.17, 15) is 14.9 Å². The Balaban J connectivity index is 1.57. The lowest BCUT2D eigenvalue weighted by molar-refractivity contribution is -0.113. The number of aromatic nitrogens is 2. The number of anilines is 1. The fourth-order valence-corrected chi connectivity index (χ4v) is 4.20. The third-order valence-electron chi connectivity index (χ3n) is 4.85. The van der Waals surface area contributed by atoms with Gasteiger partial charge in [-0.25, -0.2) is 4.98 Å². The van der Waals surface area contributed by atoms with E-state index in [1.165, 1.54) is 11.8 Å². The Morgan fingerprint density at radius 2 is 1.97 bits per heavy atom. The summed E-state index contributed by atoms with van der Waals surface area (Å²) in [5.41, 5.74) is 1.30. The second-order valence-electron chi connectivity index (χ2n) is 6.97. The zero-order valence-corrected chi connectivity index (χ0v) is 18.1. The van der Waals surface area contributed by atoms with Gasteiger partial charge in [0.25, 0.3) is 5.56 Å². The van der Waals surface area contributed by atoms with Crippen molar-refractivity contribution in [3.8, 4) is 6.07 Å². The zero-order chi connectivity index (χ0) is 22.5. The smallest absolute Gasteiger partial charge is 0.262 e. The second-order valence-corrected chi connectivity index (χ2v) is 7.91. The molecule has 2 aromatic carbocycles. The number of hydrogen-bond acceptors (Lipinski definition) is 7. The summed E-state index contributed by atoms with van der Waals surface area (Å²) < 4.78 is 12.2. The van der Waals surface area contributed by atoms with Crippen LogP contribution in [0.3, 0.4) is 0 Å². The van der Waals surface area contributed by atoms with Gasteiger partial charge in [-0.05, 0) is 30.7 Å². The number of para-hydroxylation sites is 2. The molecule has 8 nitrogen and oxygen atoms in total. The molecule has 0 radical (unpaired) electrons. The molecule has 0 aliphatic carbocycles. The number of nitrogens with zero attached hydrogens (tertiary/aromatic N) is 3. The third kappa shape index (κ3) is 4.37. The van der Waals surface area contributed by atoms with Crippen LogP contribution < -0.4 is 10.9 Å². The maximum absolute atomic E-state index is 13.0. The highest BCUT2D eigenvalue weighted by atomic mass is 32.2. The first-order valence-corrected chi connectivity index (χ1v) is 10.9. The SMILES string of the molecule is COCCCn1c(SCC(=O)Nc2c(C#N)oc3ccccc23)nc2ccccc2c1=O. The molecular formula is C23H20N4O4S. The van der Waals surface area contributed by atoms with Crippen LogP contribution in [0.4, 0.5) is 5.69 Å². The number of carbonyl (C=O) groups excluding carboxylic acids is 1. The topological polar surface area (TPSA) is 110 Å². The minimum atomic E-state index is -0.330. The number of benzene rings is 2. The Labute approximate surface area is 187 Å². The molecular weight excluding hydrogens is 428 g/mol. The predicted octanol–water partition coefficient (Wildman–Crippen LogP) is 3.78. The number of rotatable bonds is 8. The third-order valence-corrected chi connectivity index (χ3v) is 5.83. The number of amides is 1.